The van der Waals surface area contributed by atoms with Crippen LogP contribution in [-0.2, 0) is 11.2 Å². The number of para-hydroxylation sites is 1. The summed E-state index contributed by atoms with van der Waals surface area (Å²) in [6, 6.07) is 8.87. The molecule has 0 radical (unpaired) electrons. The van der Waals surface area contributed by atoms with Gasteiger partial charge in [0.1, 0.15) is 0 Å². The van der Waals surface area contributed by atoms with Crippen molar-refractivity contribution < 1.29 is 4.79 Å². The molecule has 0 bridgehead atoms. The summed E-state index contributed by atoms with van der Waals surface area (Å²) in [5.74, 6) is 0.370. The molecule has 4 rings (SSSR count). The van der Waals surface area contributed by atoms with Gasteiger partial charge in [0.2, 0.25) is 5.91 Å². The van der Waals surface area contributed by atoms with Gasteiger partial charge in [-0.25, -0.2) is 0 Å². The molecule has 3 nitrogen and oxygen atoms in total. The summed E-state index contributed by atoms with van der Waals surface area (Å²) in [5.41, 5.74) is 2.85. The number of amides is 1. The minimum Gasteiger partial charge on any atom is -0.361 e. The van der Waals surface area contributed by atoms with Gasteiger partial charge >= 0.3 is 0 Å². The third-order valence-electron chi connectivity index (χ3n) is 6.87. The average Bonchev–Trinajstić information content (AvgIpc) is 3.08. The van der Waals surface area contributed by atoms with Gasteiger partial charge in [-0.1, -0.05) is 38.0 Å². The van der Waals surface area contributed by atoms with Gasteiger partial charge < -0.3 is 9.88 Å². The van der Waals surface area contributed by atoms with Crippen molar-refractivity contribution in [1.82, 2.24) is 9.88 Å². The van der Waals surface area contributed by atoms with Crippen LogP contribution < -0.4 is 0 Å². The van der Waals surface area contributed by atoms with E-state index in [4.69, 9.17) is 0 Å². The molecule has 2 aromatic rings. The van der Waals surface area contributed by atoms with Gasteiger partial charge in [-0.3, -0.25) is 4.79 Å². The van der Waals surface area contributed by atoms with Gasteiger partial charge in [0.15, 0.2) is 0 Å². The molecule has 2 atom stereocenters. The first-order valence-electron chi connectivity index (χ1n) is 10.1. The Morgan fingerprint density at radius 2 is 2.08 bits per heavy atom. The van der Waals surface area contributed by atoms with Crippen LogP contribution in [0.4, 0.5) is 0 Å². The highest BCUT2D eigenvalue weighted by Gasteiger charge is 2.45. The first-order valence-corrected chi connectivity index (χ1v) is 10.1. The van der Waals surface area contributed by atoms with E-state index in [0.717, 1.165) is 13.0 Å². The van der Waals surface area contributed by atoms with E-state index in [1.54, 1.807) is 0 Å². The number of aromatic amines is 1. The number of piperidine rings is 1. The van der Waals surface area contributed by atoms with E-state index in [0.29, 0.717) is 23.8 Å². The number of carbonyl (C=O) groups excluding carboxylic acids is 1. The zero-order valence-corrected chi connectivity index (χ0v) is 15.4. The van der Waals surface area contributed by atoms with Gasteiger partial charge in [0.25, 0.3) is 0 Å². The second-order valence-electron chi connectivity index (χ2n) is 8.03. The molecule has 1 saturated heterocycles. The lowest BCUT2D eigenvalue weighted by Crippen LogP contribution is -2.55. The van der Waals surface area contributed by atoms with Gasteiger partial charge in [-0.2, -0.15) is 0 Å². The highest BCUT2D eigenvalue weighted by molar-refractivity contribution is 5.84. The third-order valence-corrected chi connectivity index (χ3v) is 6.87. The summed E-state index contributed by atoms with van der Waals surface area (Å²) in [6.45, 7) is 3.30. The first kappa shape index (κ1) is 16.7. The molecule has 1 aliphatic carbocycles. The lowest BCUT2D eigenvalue weighted by atomic mass is 9.63. The lowest BCUT2D eigenvalue weighted by Gasteiger charge is -2.53. The number of aromatic nitrogens is 1. The minimum absolute atomic E-state index is 0.370. The van der Waals surface area contributed by atoms with Crippen LogP contribution in [0.1, 0.15) is 63.9 Å². The van der Waals surface area contributed by atoms with Crippen molar-refractivity contribution in [2.24, 2.45) is 5.41 Å². The maximum Gasteiger partial charge on any atom is 0.223 e. The number of carbonyl (C=O) groups is 1. The predicted octanol–water partition coefficient (Wildman–Crippen LogP) is 5.06. The average molecular weight is 338 g/mol. The van der Waals surface area contributed by atoms with Crippen molar-refractivity contribution in [1.29, 1.82) is 0 Å². The van der Waals surface area contributed by atoms with Crippen molar-refractivity contribution >= 4 is 16.8 Å². The summed E-state index contributed by atoms with van der Waals surface area (Å²) in [5, 5.41) is 1.26. The van der Waals surface area contributed by atoms with Crippen LogP contribution in [0.25, 0.3) is 10.9 Å². The Labute approximate surface area is 150 Å². The fourth-order valence-electron chi connectivity index (χ4n) is 5.43. The number of likely N-dealkylation sites (tertiary alicyclic amines) is 1. The summed E-state index contributed by atoms with van der Waals surface area (Å²) < 4.78 is 0. The smallest absolute Gasteiger partial charge is 0.223 e. The van der Waals surface area contributed by atoms with Crippen LogP contribution in [0.15, 0.2) is 30.5 Å². The van der Waals surface area contributed by atoms with E-state index in [9.17, 15) is 4.79 Å². The molecule has 2 fully saturated rings. The van der Waals surface area contributed by atoms with E-state index in [-0.39, 0.29) is 0 Å². The Bertz CT molecular complexity index is 745. The molecule has 3 heteroatoms. The molecule has 2 heterocycles. The van der Waals surface area contributed by atoms with Gasteiger partial charge in [0, 0.05) is 36.1 Å². The number of hydrogen-bond acceptors (Lipinski definition) is 1. The van der Waals surface area contributed by atoms with Crippen molar-refractivity contribution in [2.75, 3.05) is 6.54 Å². The fraction of sp³-hybridized carbons (Fsp3) is 0.591. The zero-order valence-electron chi connectivity index (χ0n) is 15.4. The second-order valence-corrected chi connectivity index (χ2v) is 8.03. The molecular formula is C22H30N2O. The predicted molar refractivity (Wildman–Crippen MR) is 103 cm³/mol. The topological polar surface area (TPSA) is 36.1 Å². The number of hydrogen-bond donors (Lipinski definition) is 1. The number of benzene rings is 1. The Morgan fingerprint density at radius 1 is 1.24 bits per heavy atom. The maximum absolute atomic E-state index is 13.1. The lowest BCUT2D eigenvalue weighted by molar-refractivity contribution is -0.142. The van der Waals surface area contributed by atoms with Crippen LogP contribution in [0, 0.1) is 5.41 Å². The molecule has 1 aromatic carbocycles. The van der Waals surface area contributed by atoms with Crippen molar-refractivity contribution in [3.05, 3.63) is 36.0 Å². The highest BCUT2D eigenvalue weighted by Crippen LogP contribution is 2.48. The number of H-pyrrole nitrogens is 1. The maximum atomic E-state index is 13.1. The van der Waals surface area contributed by atoms with Gasteiger partial charge in [-0.15, -0.1) is 0 Å². The monoisotopic (exact) mass is 338 g/mol. The number of rotatable bonds is 4. The summed E-state index contributed by atoms with van der Waals surface area (Å²) in [7, 11) is 0. The first-order chi connectivity index (χ1) is 12.2. The SMILES string of the molecule is CCC12CCCCC1N(C(=O)CCc1c[nH]c3ccccc13)CCC2. The summed E-state index contributed by atoms with van der Waals surface area (Å²) in [4.78, 5) is 18.6. The molecule has 1 aliphatic heterocycles. The van der Waals surface area contributed by atoms with Gasteiger partial charge in [-0.05, 0) is 55.6 Å². The molecule has 2 unspecified atom stereocenters. The molecular weight excluding hydrogens is 308 g/mol. The Morgan fingerprint density at radius 3 is 2.96 bits per heavy atom. The quantitative estimate of drug-likeness (QED) is 0.831. The van der Waals surface area contributed by atoms with Crippen LogP contribution >= 0.6 is 0 Å². The van der Waals surface area contributed by atoms with Crippen LogP contribution in [0.2, 0.25) is 0 Å². The standard InChI is InChI=1S/C22H30N2O/c1-2-22-13-6-5-10-20(22)24(15-7-14-22)21(25)12-11-17-16-23-19-9-4-3-8-18(17)19/h3-4,8-9,16,20,23H,2,5-7,10-15H2,1H3. The normalized spacial score (nSPS) is 26.6. The van der Waals surface area contributed by atoms with Crippen molar-refractivity contribution in [2.45, 2.75) is 70.8 Å². The third kappa shape index (κ3) is 2.98. The van der Waals surface area contributed by atoms with Crippen molar-refractivity contribution in [3.8, 4) is 0 Å². The second kappa shape index (κ2) is 6.86. The minimum atomic E-state index is 0.370. The molecule has 134 valence electrons. The zero-order chi connectivity index (χ0) is 17.3. The fourth-order valence-corrected chi connectivity index (χ4v) is 5.43. The largest absolute Gasteiger partial charge is 0.361 e. The van der Waals surface area contributed by atoms with Gasteiger partial charge in [0.05, 0.1) is 0 Å². The molecule has 1 aromatic heterocycles. The number of fused-ring (bicyclic) bond motifs is 2. The Kier molecular flexibility index (Phi) is 4.58. The van der Waals surface area contributed by atoms with E-state index >= 15 is 0 Å². The molecule has 1 saturated carbocycles. The summed E-state index contributed by atoms with van der Waals surface area (Å²) >= 11 is 0. The van der Waals surface area contributed by atoms with E-state index in [2.05, 4.69) is 47.3 Å². The van der Waals surface area contributed by atoms with Crippen molar-refractivity contribution in [3.63, 3.8) is 0 Å². The van der Waals surface area contributed by atoms with Crippen LogP contribution in [0.5, 0.6) is 0 Å². The van der Waals surface area contributed by atoms with E-state index in [1.807, 2.05) is 0 Å². The summed E-state index contributed by atoms with van der Waals surface area (Å²) in [6.07, 6.45) is 12.5. The van der Waals surface area contributed by atoms with E-state index < -0.39 is 0 Å². The Balaban J connectivity index is 1.47. The molecule has 1 amide bonds. The molecule has 1 N–H and O–H groups in total. The van der Waals surface area contributed by atoms with Crippen LogP contribution in [0.3, 0.4) is 0 Å². The highest BCUT2D eigenvalue weighted by atomic mass is 16.2. The number of aryl methyl sites for hydroxylation is 1. The van der Waals surface area contributed by atoms with Crippen LogP contribution in [-0.4, -0.2) is 28.4 Å². The Hall–Kier alpha value is -1.77. The number of nitrogens with zero attached hydrogens (tertiary/aromatic N) is 1. The molecule has 0 spiro atoms. The molecule has 2 aliphatic rings. The number of nitrogens with one attached hydrogen (secondary N) is 1. The van der Waals surface area contributed by atoms with E-state index in [1.165, 1.54) is 61.4 Å². The molecule has 25 heavy (non-hydrogen) atoms.